The lowest BCUT2D eigenvalue weighted by Gasteiger charge is -2.26. The lowest BCUT2D eigenvalue weighted by Crippen LogP contribution is -2.50. The van der Waals surface area contributed by atoms with Gasteiger partial charge in [-0.05, 0) is 11.6 Å². The van der Waals surface area contributed by atoms with E-state index >= 15 is 0 Å². The Morgan fingerprint density at radius 1 is 1.58 bits per heavy atom. The highest BCUT2D eigenvalue weighted by Gasteiger charge is 2.18. The summed E-state index contributed by atoms with van der Waals surface area (Å²) in [6.07, 6.45) is 1.81. The Morgan fingerprint density at radius 3 is 3.00 bits per heavy atom. The number of nitrogens with zero attached hydrogens (tertiary/aromatic N) is 2. The van der Waals surface area contributed by atoms with Crippen molar-refractivity contribution < 1.29 is 4.74 Å². The molecule has 0 amide bonds. The van der Waals surface area contributed by atoms with E-state index in [2.05, 4.69) is 15.3 Å². The number of ether oxygens (including phenoxy) is 1. The highest BCUT2D eigenvalue weighted by molar-refractivity contribution is 6.28. The summed E-state index contributed by atoms with van der Waals surface area (Å²) in [5.74, 6) is 0.543. The molecule has 1 N–H and O–H groups in total. The van der Waals surface area contributed by atoms with Gasteiger partial charge < -0.3 is 10.1 Å². The van der Waals surface area contributed by atoms with E-state index in [1.54, 1.807) is 12.3 Å². The first-order chi connectivity index (χ1) is 5.84. The second kappa shape index (κ2) is 3.25. The Hall–Kier alpha value is -0.870. The Labute approximate surface area is 74.9 Å². The molecule has 1 aromatic heterocycles. The molecule has 1 saturated heterocycles. The molecule has 12 heavy (non-hydrogen) atoms. The predicted molar refractivity (Wildman–Crippen MR) is 44.3 cm³/mol. The van der Waals surface area contributed by atoms with Crippen LogP contribution in [-0.2, 0) is 0 Å². The van der Waals surface area contributed by atoms with Crippen LogP contribution in [0.5, 0.6) is 5.88 Å². The summed E-state index contributed by atoms with van der Waals surface area (Å²) in [5.41, 5.74) is 0. The maximum Gasteiger partial charge on any atom is 0.225 e. The Kier molecular flexibility index (Phi) is 2.10. The average Bonchev–Trinajstić information content (AvgIpc) is 1.97. The van der Waals surface area contributed by atoms with Gasteiger partial charge in [-0.1, -0.05) is 0 Å². The van der Waals surface area contributed by atoms with Crippen molar-refractivity contribution in [3.63, 3.8) is 0 Å². The SMILES string of the molecule is Clc1nccc(OC2CNC2)n1. The summed E-state index contributed by atoms with van der Waals surface area (Å²) in [4.78, 5) is 7.65. The van der Waals surface area contributed by atoms with Crippen molar-refractivity contribution in [2.45, 2.75) is 6.10 Å². The van der Waals surface area contributed by atoms with E-state index < -0.39 is 0 Å². The van der Waals surface area contributed by atoms with Crippen LogP contribution in [0.3, 0.4) is 0 Å². The minimum absolute atomic E-state index is 0.222. The summed E-state index contributed by atoms with van der Waals surface area (Å²) >= 11 is 5.57. The number of aromatic nitrogens is 2. The van der Waals surface area contributed by atoms with E-state index in [4.69, 9.17) is 16.3 Å². The molecule has 0 saturated carbocycles. The maximum absolute atomic E-state index is 5.57. The van der Waals surface area contributed by atoms with Crippen molar-refractivity contribution >= 4 is 11.6 Å². The summed E-state index contributed by atoms with van der Waals surface area (Å²) in [6, 6.07) is 1.70. The van der Waals surface area contributed by atoms with Gasteiger partial charge >= 0.3 is 0 Å². The van der Waals surface area contributed by atoms with Gasteiger partial charge in [-0.2, -0.15) is 4.98 Å². The van der Waals surface area contributed by atoms with Crippen LogP contribution in [0.25, 0.3) is 0 Å². The number of rotatable bonds is 2. The van der Waals surface area contributed by atoms with Crippen molar-refractivity contribution in [1.29, 1.82) is 0 Å². The highest BCUT2D eigenvalue weighted by atomic mass is 35.5. The largest absolute Gasteiger partial charge is 0.472 e. The van der Waals surface area contributed by atoms with Crippen molar-refractivity contribution in [2.24, 2.45) is 0 Å². The predicted octanol–water partition coefficient (Wildman–Crippen LogP) is 0.481. The zero-order chi connectivity index (χ0) is 8.39. The molecular weight excluding hydrogens is 178 g/mol. The Bertz CT molecular complexity index is 277. The van der Waals surface area contributed by atoms with Crippen LogP contribution in [0.4, 0.5) is 0 Å². The number of nitrogens with one attached hydrogen (secondary N) is 1. The average molecular weight is 186 g/mol. The quantitative estimate of drug-likeness (QED) is 0.681. The van der Waals surface area contributed by atoms with Crippen LogP contribution in [0.1, 0.15) is 0 Å². The highest BCUT2D eigenvalue weighted by Crippen LogP contribution is 2.11. The van der Waals surface area contributed by atoms with Crippen LogP contribution in [0.15, 0.2) is 12.3 Å². The van der Waals surface area contributed by atoms with Gasteiger partial charge in [-0.25, -0.2) is 4.98 Å². The van der Waals surface area contributed by atoms with Gasteiger partial charge in [-0.15, -0.1) is 0 Å². The maximum atomic E-state index is 5.57. The lowest BCUT2D eigenvalue weighted by molar-refractivity contribution is 0.136. The topological polar surface area (TPSA) is 47.0 Å². The fourth-order valence-electron chi connectivity index (χ4n) is 0.902. The smallest absolute Gasteiger partial charge is 0.225 e. The molecule has 1 aromatic rings. The molecule has 1 aliphatic heterocycles. The minimum atomic E-state index is 0.222. The molecule has 1 aliphatic rings. The first kappa shape index (κ1) is 7.76. The summed E-state index contributed by atoms with van der Waals surface area (Å²) in [5, 5.41) is 3.32. The molecule has 0 aromatic carbocycles. The molecule has 64 valence electrons. The molecule has 0 aliphatic carbocycles. The molecule has 0 atom stereocenters. The first-order valence-electron chi connectivity index (χ1n) is 3.70. The molecule has 0 unspecified atom stereocenters. The Balaban J connectivity index is 2.02. The number of hydrogen-bond donors (Lipinski definition) is 1. The molecule has 1 fully saturated rings. The van der Waals surface area contributed by atoms with E-state index in [-0.39, 0.29) is 11.4 Å². The molecule has 0 bridgehead atoms. The van der Waals surface area contributed by atoms with Crippen molar-refractivity contribution in [1.82, 2.24) is 15.3 Å². The number of halogens is 1. The second-order valence-electron chi connectivity index (χ2n) is 2.56. The van der Waals surface area contributed by atoms with Gasteiger partial charge in [0.25, 0.3) is 0 Å². The third-order valence-electron chi connectivity index (χ3n) is 1.63. The Morgan fingerprint density at radius 2 is 2.42 bits per heavy atom. The van der Waals surface area contributed by atoms with Gasteiger partial charge in [0.05, 0.1) is 0 Å². The van der Waals surface area contributed by atoms with Gasteiger partial charge in [0.2, 0.25) is 11.2 Å². The minimum Gasteiger partial charge on any atom is -0.472 e. The van der Waals surface area contributed by atoms with Crippen LogP contribution >= 0.6 is 11.6 Å². The molecule has 0 spiro atoms. The van der Waals surface area contributed by atoms with Crippen molar-refractivity contribution in [3.8, 4) is 5.88 Å². The van der Waals surface area contributed by atoms with Gasteiger partial charge in [0.15, 0.2) is 0 Å². The molecule has 0 radical (unpaired) electrons. The van der Waals surface area contributed by atoms with Gasteiger partial charge in [-0.3, -0.25) is 0 Å². The molecule has 5 heteroatoms. The van der Waals surface area contributed by atoms with Crippen LogP contribution < -0.4 is 10.1 Å². The summed E-state index contributed by atoms with van der Waals surface area (Å²) in [7, 11) is 0. The van der Waals surface area contributed by atoms with Crippen molar-refractivity contribution in [2.75, 3.05) is 13.1 Å². The van der Waals surface area contributed by atoms with Crippen LogP contribution in [0, 0.1) is 0 Å². The first-order valence-corrected chi connectivity index (χ1v) is 4.08. The zero-order valence-corrected chi connectivity index (χ0v) is 7.08. The van der Waals surface area contributed by atoms with Gasteiger partial charge in [0, 0.05) is 25.4 Å². The summed E-state index contributed by atoms with van der Waals surface area (Å²) in [6.45, 7) is 1.75. The summed E-state index contributed by atoms with van der Waals surface area (Å²) < 4.78 is 5.43. The normalized spacial score (nSPS) is 17.1. The van der Waals surface area contributed by atoms with E-state index in [0.717, 1.165) is 13.1 Å². The lowest BCUT2D eigenvalue weighted by atomic mass is 10.2. The molecular formula is C7H8ClN3O. The fourth-order valence-corrected chi connectivity index (χ4v) is 1.04. The molecule has 2 rings (SSSR count). The molecule has 4 nitrogen and oxygen atoms in total. The molecule has 2 heterocycles. The second-order valence-corrected chi connectivity index (χ2v) is 2.90. The zero-order valence-electron chi connectivity index (χ0n) is 6.33. The van der Waals surface area contributed by atoms with Crippen molar-refractivity contribution in [3.05, 3.63) is 17.5 Å². The number of hydrogen-bond acceptors (Lipinski definition) is 4. The monoisotopic (exact) mass is 185 g/mol. The van der Waals surface area contributed by atoms with Gasteiger partial charge in [0.1, 0.15) is 6.10 Å². The van der Waals surface area contributed by atoms with E-state index in [0.29, 0.717) is 5.88 Å². The van der Waals surface area contributed by atoms with E-state index in [1.165, 1.54) is 0 Å². The third kappa shape index (κ3) is 1.65. The van der Waals surface area contributed by atoms with E-state index in [9.17, 15) is 0 Å². The van der Waals surface area contributed by atoms with Crippen LogP contribution in [-0.4, -0.2) is 29.2 Å². The van der Waals surface area contributed by atoms with Crippen LogP contribution in [0.2, 0.25) is 5.28 Å². The fraction of sp³-hybridized carbons (Fsp3) is 0.429. The third-order valence-corrected chi connectivity index (χ3v) is 1.81. The standard InChI is InChI=1S/C7H8ClN3O/c8-7-10-2-1-6(11-7)12-5-3-9-4-5/h1-2,5,9H,3-4H2. The van der Waals surface area contributed by atoms with E-state index in [1.807, 2.05) is 0 Å².